The van der Waals surface area contributed by atoms with Crippen molar-refractivity contribution in [3.05, 3.63) is 68.4 Å². The Morgan fingerprint density at radius 2 is 2.20 bits per heavy atom. The van der Waals surface area contributed by atoms with Gasteiger partial charge >= 0.3 is 0 Å². The Hall–Kier alpha value is -2.28. The van der Waals surface area contributed by atoms with Crippen molar-refractivity contribution in [2.45, 2.75) is 6.54 Å². The van der Waals surface area contributed by atoms with Gasteiger partial charge in [0.25, 0.3) is 11.6 Å². The largest absolute Gasteiger partial charge is 0.348 e. The number of pyridine rings is 1. The molecule has 0 saturated carbocycles. The van der Waals surface area contributed by atoms with E-state index >= 15 is 0 Å². The summed E-state index contributed by atoms with van der Waals surface area (Å²) < 4.78 is 0.339. The third-order valence-corrected chi connectivity index (χ3v) is 3.25. The zero-order chi connectivity index (χ0) is 14.5. The first-order chi connectivity index (χ1) is 9.58. The van der Waals surface area contributed by atoms with Crippen LogP contribution in [0.1, 0.15) is 15.9 Å². The number of aromatic nitrogens is 1. The Kier molecular flexibility index (Phi) is 4.41. The van der Waals surface area contributed by atoms with Gasteiger partial charge in [0.05, 0.1) is 9.40 Å². The number of halogens is 1. The molecule has 7 heteroatoms. The highest BCUT2D eigenvalue weighted by atomic mass is 79.9. The van der Waals surface area contributed by atoms with E-state index in [1.807, 2.05) is 6.07 Å². The third kappa shape index (κ3) is 3.39. The van der Waals surface area contributed by atoms with Crippen molar-refractivity contribution in [1.29, 1.82) is 0 Å². The van der Waals surface area contributed by atoms with Crippen LogP contribution in [0.25, 0.3) is 0 Å². The number of nitrogens with zero attached hydrogens (tertiary/aromatic N) is 2. The van der Waals surface area contributed by atoms with Crippen LogP contribution in [0.4, 0.5) is 5.69 Å². The normalized spacial score (nSPS) is 10.1. The number of hydrogen-bond acceptors (Lipinski definition) is 4. The predicted molar refractivity (Wildman–Crippen MR) is 76.2 cm³/mol. The van der Waals surface area contributed by atoms with Gasteiger partial charge in [0.2, 0.25) is 0 Å². The molecule has 2 aromatic rings. The van der Waals surface area contributed by atoms with Crippen LogP contribution in [-0.2, 0) is 6.54 Å². The second-order valence-corrected chi connectivity index (χ2v) is 4.82. The molecule has 0 unspecified atom stereocenters. The van der Waals surface area contributed by atoms with Crippen LogP contribution in [0.2, 0.25) is 0 Å². The molecule has 1 aromatic heterocycles. The molecule has 1 heterocycles. The summed E-state index contributed by atoms with van der Waals surface area (Å²) in [6.45, 7) is 0.316. The molecule has 0 spiro atoms. The summed E-state index contributed by atoms with van der Waals surface area (Å²) in [5.41, 5.74) is 0.954. The highest BCUT2D eigenvalue weighted by Crippen LogP contribution is 2.25. The monoisotopic (exact) mass is 335 g/mol. The minimum absolute atomic E-state index is 0.140. The van der Waals surface area contributed by atoms with Crippen molar-refractivity contribution in [2.24, 2.45) is 0 Å². The van der Waals surface area contributed by atoms with Gasteiger partial charge in [0.15, 0.2) is 0 Å². The van der Waals surface area contributed by atoms with Gasteiger partial charge in [-0.05, 0) is 39.7 Å². The molecule has 0 saturated heterocycles. The van der Waals surface area contributed by atoms with E-state index in [-0.39, 0.29) is 17.2 Å². The van der Waals surface area contributed by atoms with Gasteiger partial charge in [-0.2, -0.15) is 0 Å². The third-order valence-electron chi connectivity index (χ3n) is 2.58. The van der Waals surface area contributed by atoms with Gasteiger partial charge in [0, 0.05) is 30.6 Å². The number of amides is 1. The number of carbonyl (C=O) groups excluding carboxylic acids is 1. The first-order valence-corrected chi connectivity index (χ1v) is 6.48. The molecule has 1 N–H and O–H groups in total. The predicted octanol–water partition coefficient (Wildman–Crippen LogP) is 2.68. The average molecular weight is 336 g/mol. The van der Waals surface area contributed by atoms with E-state index in [2.05, 4.69) is 26.2 Å². The molecule has 1 amide bonds. The molecule has 1 aromatic carbocycles. The lowest BCUT2D eigenvalue weighted by atomic mass is 10.2. The summed E-state index contributed by atoms with van der Waals surface area (Å²) in [6.07, 6.45) is 3.29. The Bertz CT molecular complexity index is 647. The van der Waals surface area contributed by atoms with E-state index in [4.69, 9.17) is 0 Å². The van der Waals surface area contributed by atoms with Crippen molar-refractivity contribution < 1.29 is 9.72 Å². The van der Waals surface area contributed by atoms with Gasteiger partial charge < -0.3 is 5.32 Å². The highest BCUT2D eigenvalue weighted by molar-refractivity contribution is 9.10. The lowest BCUT2D eigenvalue weighted by molar-refractivity contribution is -0.385. The Labute approximate surface area is 123 Å². The van der Waals surface area contributed by atoms with Crippen molar-refractivity contribution >= 4 is 27.5 Å². The fourth-order valence-corrected chi connectivity index (χ4v) is 1.97. The SMILES string of the molecule is O=C(NCc1cccnc1)c1ccc(Br)c([N+](=O)[O-])c1. The summed E-state index contributed by atoms with van der Waals surface area (Å²) in [7, 11) is 0. The molecule has 0 atom stereocenters. The van der Waals surface area contributed by atoms with Gasteiger partial charge in [-0.3, -0.25) is 19.9 Å². The molecular formula is C13H10BrN3O3. The maximum Gasteiger partial charge on any atom is 0.284 e. The van der Waals surface area contributed by atoms with Gasteiger partial charge in [-0.15, -0.1) is 0 Å². The number of hydrogen-bond donors (Lipinski definition) is 1. The first kappa shape index (κ1) is 14.1. The molecule has 0 fully saturated rings. The van der Waals surface area contributed by atoms with E-state index in [0.29, 0.717) is 11.0 Å². The lowest BCUT2D eigenvalue weighted by Gasteiger charge is -2.05. The van der Waals surface area contributed by atoms with Crippen LogP contribution < -0.4 is 5.32 Å². The fourth-order valence-electron chi connectivity index (χ4n) is 1.58. The van der Waals surface area contributed by atoms with E-state index in [9.17, 15) is 14.9 Å². The maximum absolute atomic E-state index is 11.9. The van der Waals surface area contributed by atoms with Crippen LogP contribution in [0, 0.1) is 10.1 Å². The fraction of sp³-hybridized carbons (Fsp3) is 0.0769. The molecule has 20 heavy (non-hydrogen) atoms. The summed E-state index contributed by atoms with van der Waals surface area (Å²) in [4.78, 5) is 26.1. The van der Waals surface area contributed by atoms with E-state index in [0.717, 1.165) is 5.56 Å². The number of rotatable bonds is 4. The van der Waals surface area contributed by atoms with E-state index in [1.165, 1.54) is 18.2 Å². The van der Waals surface area contributed by atoms with Crippen molar-refractivity contribution in [3.8, 4) is 0 Å². The maximum atomic E-state index is 11.9. The molecular weight excluding hydrogens is 326 g/mol. The quantitative estimate of drug-likeness (QED) is 0.687. The zero-order valence-electron chi connectivity index (χ0n) is 10.2. The zero-order valence-corrected chi connectivity index (χ0v) is 11.8. The van der Waals surface area contributed by atoms with Crippen LogP contribution in [0.5, 0.6) is 0 Å². The molecule has 6 nitrogen and oxygen atoms in total. The number of nitro groups is 1. The summed E-state index contributed by atoms with van der Waals surface area (Å²) in [6, 6.07) is 7.85. The topological polar surface area (TPSA) is 85.1 Å². The minimum Gasteiger partial charge on any atom is -0.348 e. The number of benzene rings is 1. The van der Waals surface area contributed by atoms with Crippen LogP contribution in [0.15, 0.2) is 47.2 Å². The molecule has 2 rings (SSSR count). The van der Waals surface area contributed by atoms with Crippen molar-refractivity contribution in [2.75, 3.05) is 0 Å². The lowest BCUT2D eigenvalue weighted by Crippen LogP contribution is -2.22. The first-order valence-electron chi connectivity index (χ1n) is 5.69. The molecule has 102 valence electrons. The second kappa shape index (κ2) is 6.25. The second-order valence-electron chi connectivity index (χ2n) is 3.97. The number of nitrogens with one attached hydrogen (secondary N) is 1. The molecule has 0 aliphatic rings. The van der Waals surface area contributed by atoms with E-state index in [1.54, 1.807) is 18.5 Å². The summed E-state index contributed by atoms with van der Waals surface area (Å²) in [5, 5.41) is 13.5. The van der Waals surface area contributed by atoms with Gasteiger partial charge in [0.1, 0.15) is 0 Å². The highest BCUT2D eigenvalue weighted by Gasteiger charge is 2.15. The van der Waals surface area contributed by atoms with Crippen molar-refractivity contribution in [3.63, 3.8) is 0 Å². The van der Waals surface area contributed by atoms with Crippen LogP contribution in [-0.4, -0.2) is 15.8 Å². The van der Waals surface area contributed by atoms with Crippen molar-refractivity contribution in [1.82, 2.24) is 10.3 Å². The van der Waals surface area contributed by atoms with E-state index < -0.39 is 4.92 Å². The Morgan fingerprint density at radius 1 is 1.40 bits per heavy atom. The standard InChI is InChI=1S/C13H10BrN3O3/c14-11-4-3-10(6-12(11)17(19)20)13(18)16-8-9-2-1-5-15-7-9/h1-7H,8H2,(H,16,18). The Balaban J connectivity index is 2.10. The molecule has 0 aliphatic heterocycles. The van der Waals surface area contributed by atoms with Gasteiger partial charge in [-0.1, -0.05) is 6.07 Å². The summed E-state index contributed by atoms with van der Waals surface area (Å²) in [5.74, 6) is -0.371. The minimum atomic E-state index is -0.540. The van der Waals surface area contributed by atoms with Crippen LogP contribution >= 0.6 is 15.9 Å². The number of carbonyl (C=O) groups is 1. The van der Waals surface area contributed by atoms with Crippen LogP contribution in [0.3, 0.4) is 0 Å². The Morgan fingerprint density at radius 3 is 2.85 bits per heavy atom. The average Bonchev–Trinajstić information content (AvgIpc) is 2.46. The summed E-state index contributed by atoms with van der Waals surface area (Å²) >= 11 is 3.07. The molecule has 0 aliphatic carbocycles. The smallest absolute Gasteiger partial charge is 0.284 e. The molecule has 0 bridgehead atoms. The van der Waals surface area contributed by atoms with Gasteiger partial charge in [-0.25, -0.2) is 0 Å². The number of nitro benzene ring substituents is 1. The molecule has 0 radical (unpaired) electrons.